The molecule has 1 saturated heterocycles. The van der Waals surface area contributed by atoms with Crippen LogP contribution in [-0.4, -0.2) is 52.9 Å². The molecule has 4 bridgehead atoms. The van der Waals surface area contributed by atoms with Crippen LogP contribution in [0.3, 0.4) is 0 Å². The summed E-state index contributed by atoms with van der Waals surface area (Å²) in [6, 6.07) is 4.31. The van der Waals surface area contributed by atoms with Gasteiger partial charge in [-0.05, 0) is 118 Å². The van der Waals surface area contributed by atoms with Gasteiger partial charge in [0, 0.05) is 32.0 Å². The first-order valence-corrected chi connectivity index (χ1v) is 14.1. The van der Waals surface area contributed by atoms with Crippen LogP contribution in [0.5, 0.6) is 0 Å². The van der Waals surface area contributed by atoms with Crippen molar-refractivity contribution in [3.63, 3.8) is 0 Å². The van der Waals surface area contributed by atoms with E-state index in [1.54, 1.807) is 0 Å². The third-order valence-electron chi connectivity index (χ3n) is 9.51. The number of carbonyl (C=O) groups is 1. The van der Waals surface area contributed by atoms with Crippen LogP contribution in [0.1, 0.15) is 89.5 Å². The van der Waals surface area contributed by atoms with Crippen molar-refractivity contribution >= 4 is 18.3 Å². The maximum atomic E-state index is 13.9. The first-order valence-electron chi connectivity index (χ1n) is 14.1. The minimum Gasteiger partial charge on any atom is -0.341 e. The lowest BCUT2D eigenvalue weighted by Crippen LogP contribution is -2.50. The Kier molecular flexibility index (Phi) is 8.96. The number of nitrogens with zero attached hydrogens (tertiary/aromatic N) is 3. The molecule has 1 aromatic heterocycles. The van der Waals surface area contributed by atoms with Crippen LogP contribution in [-0.2, 0) is 11.2 Å². The number of hydrogen-bond acceptors (Lipinski definition) is 3. The highest BCUT2D eigenvalue weighted by atomic mass is 35.5. The largest absolute Gasteiger partial charge is 0.341 e. The summed E-state index contributed by atoms with van der Waals surface area (Å²) in [5.41, 5.74) is 1.89. The molecule has 0 unspecified atom stereocenters. The van der Waals surface area contributed by atoms with Crippen LogP contribution < -0.4 is 0 Å². The van der Waals surface area contributed by atoms with E-state index in [9.17, 15) is 4.79 Å². The zero-order valence-corrected chi connectivity index (χ0v) is 22.1. The van der Waals surface area contributed by atoms with E-state index in [0.29, 0.717) is 11.3 Å². The van der Waals surface area contributed by atoms with Gasteiger partial charge in [-0.1, -0.05) is 19.8 Å². The monoisotopic (exact) mass is 487 g/mol. The number of likely N-dealkylation sites (tertiary alicyclic amines) is 1. The normalized spacial score (nSPS) is 32.0. The third-order valence-corrected chi connectivity index (χ3v) is 9.51. The van der Waals surface area contributed by atoms with Crippen molar-refractivity contribution in [1.82, 2.24) is 14.8 Å². The lowest BCUT2D eigenvalue weighted by molar-refractivity contribution is -0.137. The minimum atomic E-state index is 0. The lowest BCUT2D eigenvalue weighted by Gasteiger charge is -2.57. The van der Waals surface area contributed by atoms with Gasteiger partial charge in [-0.25, -0.2) is 0 Å². The maximum absolute atomic E-state index is 13.9. The van der Waals surface area contributed by atoms with Crippen molar-refractivity contribution in [3.8, 4) is 0 Å². The number of carbonyl (C=O) groups excluding carboxylic acids is 1. The van der Waals surface area contributed by atoms with Crippen LogP contribution in [0.15, 0.2) is 24.5 Å². The highest BCUT2D eigenvalue weighted by molar-refractivity contribution is 5.85. The zero-order chi connectivity index (χ0) is 22.7. The van der Waals surface area contributed by atoms with Crippen molar-refractivity contribution < 1.29 is 4.79 Å². The molecule has 5 aliphatic rings. The summed E-state index contributed by atoms with van der Waals surface area (Å²) in [6.45, 7) is 6.29. The van der Waals surface area contributed by atoms with Gasteiger partial charge >= 0.3 is 0 Å². The van der Waals surface area contributed by atoms with E-state index in [1.807, 2.05) is 12.4 Å². The Hall–Kier alpha value is -1.13. The topological polar surface area (TPSA) is 36.4 Å². The Morgan fingerprint density at radius 2 is 1.74 bits per heavy atom. The fourth-order valence-electron chi connectivity index (χ4n) is 8.26. The third kappa shape index (κ3) is 5.98. The molecule has 1 amide bonds. The van der Waals surface area contributed by atoms with E-state index in [-0.39, 0.29) is 18.4 Å². The van der Waals surface area contributed by atoms with Gasteiger partial charge in [-0.2, -0.15) is 0 Å². The molecule has 5 fully saturated rings. The standard InChI is InChI=1S/C29H45N3O.ClH/c1-2-3-4-13-32(16-10-29-20-24-17-25(21-29)19-26(18-24)22-29)28(33)27-6-5-14-31(27)15-9-23-7-11-30-12-8-23;/h7-8,11-12,24-27H,2-6,9-10,13-22H2,1H3;1H/t24?,25?,26?,27-,29?;/m0./s1. The Labute approximate surface area is 213 Å². The molecule has 1 aromatic rings. The van der Waals surface area contributed by atoms with Crippen molar-refractivity contribution in [2.75, 3.05) is 26.2 Å². The van der Waals surface area contributed by atoms with Crippen molar-refractivity contribution in [2.45, 2.75) is 96.4 Å². The Morgan fingerprint density at radius 3 is 2.38 bits per heavy atom. The van der Waals surface area contributed by atoms with Crippen LogP contribution in [0, 0.1) is 23.2 Å². The van der Waals surface area contributed by atoms with Gasteiger partial charge in [0.15, 0.2) is 0 Å². The molecule has 1 aliphatic heterocycles. The molecule has 0 aromatic carbocycles. The van der Waals surface area contributed by atoms with Gasteiger partial charge in [-0.15, -0.1) is 12.4 Å². The number of unbranched alkanes of at least 4 members (excludes halogenated alkanes) is 2. The summed E-state index contributed by atoms with van der Waals surface area (Å²) < 4.78 is 0. The molecule has 190 valence electrons. The van der Waals surface area contributed by atoms with Gasteiger partial charge in [0.05, 0.1) is 6.04 Å². The summed E-state index contributed by atoms with van der Waals surface area (Å²) >= 11 is 0. The number of aromatic nitrogens is 1. The van der Waals surface area contributed by atoms with Gasteiger partial charge in [-0.3, -0.25) is 14.7 Å². The SMILES string of the molecule is CCCCCN(CCC12CC3CC(CC(C3)C1)C2)C(=O)[C@@H]1CCCN1CCc1ccncc1.Cl. The predicted molar refractivity (Wildman–Crippen MR) is 141 cm³/mol. The summed E-state index contributed by atoms with van der Waals surface area (Å²) in [6.07, 6.45) is 20.7. The van der Waals surface area contributed by atoms with Crippen LogP contribution in [0.2, 0.25) is 0 Å². The second-order valence-corrected chi connectivity index (χ2v) is 12.0. The first-order chi connectivity index (χ1) is 16.1. The van der Waals surface area contributed by atoms with Gasteiger partial charge < -0.3 is 4.90 Å². The fourth-order valence-corrected chi connectivity index (χ4v) is 8.26. The average molecular weight is 488 g/mol. The summed E-state index contributed by atoms with van der Waals surface area (Å²) in [5.74, 6) is 3.43. The fraction of sp³-hybridized carbons (Fsp3) is 0.793. The average Bonchev–Trinajstić information content (AvgIpc) is 3.28. The second kappa shape index (κ2) is 11.7. The first kappa shape index (κ1) is 25.9. The number of pyridine rings is 1. The van der Waals surface area contributed by atoms with E-state index in [4.69, 9.17) is 0 Å². The second-order valence-electron chi connectivity index (χ2n) is 12.0. The summed E-state index contributed by atoms with van der Waals surface area (Å²) in [7, 11) is 0. The quantitative estimate of drug-likeness (QED) is 0.352. The van der Waals surface area contributed by atoms with E-state index in [0.717, 1.165) is 69.6 Å². The maximum Gasteiger partial charge on any atom is 0.239 e. The summed E-state index contributed by atoms with van der Waals surface area (Å²) in [4.78, 5) is 22.8. The molecule has 4 saturated carbocycles. The molecule has 0 spiro atoms. The van der Waals surface area contributed by atoms with E-state index in [2.05, 4.69) is 33.8 Å². The molecule has 34 heavy (non-hydrogen) atoms. The van der Waals surface area contributed by atoms with Crippen LogP contribution in [0.25, 0.3) is 0 Å². The van der Waals surface area contributed by atoms with Crippen LogP contribution >= 0.6 is 12.4 Å². The molecule has 0 radical (unpaired) electrons. The van der Waals surface area contributed by atoms with Gasteiger partial charge in [0.1, 0.15) is 0 Å². The number of rotatable bonds is 11. The van der Waals surface area contributed by atoms with E-state index >= 15 is 0 Å². The molecule has 4 aliphatic carbocycles. The lowest BCUT2D eigenvalue weighted by atomic mass is 9.49. The molecular weight excluding hydrogens is 442 g/mol. The van der Waals surface area contributed by atoms with E-state index < -0.39 is 0 Å². The van der Waals surface area contributed by atoms with Gasteiger partial charge in [0.2, 0.25) is 5.91 Å². The highest BCUT2D eigenvalue weighted by Gasteiger charge is 2.50. The van der Waals surface area contributed by atoms with Crippen molar-refractivity contribution in [2.24, 2.45) is 23.2 Å². The van der Waals surface area contributed by atoms with Crippen LogP contribution in [0.4, 0.5) is 0 Å². The van der Waals surface area contributed by atoms with E-state index in [1.165, 1.54) is 63.4 Å². The Bertz CT molecular complexity index is 750. The van der Waals surface area contributed by atoms with Gasteiger partial charge in [0.25, 0.3) is 0 Å². The van der Waals surface area contributed by atoms with Crippen molar-refractivity contribution in [3.05, 3.63) is 30.1 Å². The minimum absolute atomic E-state index is 0. The number of amides is 1. The molecule has 6 rings (SSSR count). The molecule has 0 N–H and O–H groups in total. The Morgan fingerprint density at radius 1 is 1.06 bits per heavy atom. The molecule has 1 atom stereocenters. The van der Waals surface area contributed by atoms with Crippen molar-refractivity contribution in [1.29, 1.82) is 0 Å². The highest BCUT2D eigenvalue weighted by Crippen LogP contribution is 2.61. The molecular formula is C29H46ClN3O. The smallest absolute Gasteiger partial charge is 0.239 e. The zero-order valence-electron chi connectivity index (χ0n) is 21.3. The summed E-state index contributed by atoms with van der Waals surface area (Å²) in [5, 5.41) is 0. The Balaban J connectivity index is 0.00000274. The predicted octanol–water partition coefficient (Wildman–Crippen LogP) is 6.14. The number of hydrogen-bond donors (Lipinski definition) is 0. The molecule has 5 heteroatoms. The molecule has 2 heterocycles. The number of halogens is 1. The molecule has 4 nitrogen and oxygen atoms in total.